The maximum atomic E-state index is 11.6. The van der Waals surface area contributed by atoms with Gasteiger partial charge >= 0.3 is 0 Å². The Bertz CT molecular complexity index is 1230. The molecule has 0 saturated carbocycles. The largest absolute Gasteiger partial charge is 0.387 e. The lowest BCUT2D eigenvalue weighted by Gasteiger charge is -2.40. The minimum absolute atomic E-state index is 0.128. The van der Waals surface area contributed by atoms with Gasteiger partial charge in [0, 0.05) is 11.0 Å². The summed E-state index contributed by atoms with van der Waals surface area (Å²) in [5.41, 5.74) is 2.74. The third kappa shape index (κ3) is 6.12. The maximum Gasteiger partial charge on any atom is 0.143 e. The van der Waals surface area contributed by atoms with Crippen LogP contribution < -0.4 is 0 Å². The summed E-state index contributed by atoms with van der Waals surface area (Å²) in [6.45, 7) is 4.60. The minimum atomic E-state index is -0.937. The average molecular weight is 568 g/mol. The van der Waals surface area contributed by atoms with Crippen molar-refractivity contribution in [3.05, 3.63) is 155 Å². The van der Waals surface area contributed by atoms with Crippen molar-refractivity contribution in [2.45, 2.75) is 17.7 Å². The summed E-state index contributed by atoms with van der Waals surface area (Å²) in [4.78, 5) is 1.91. The molecule has 5 heteroatoms. The Kier molecular flexibility index (Phi) is 9.64. The molecule has 1 N–H and O–H groups in total. The van der Waals surface area contributed by atoms with Crippen LogP contribution in [0.1, 0.15) is 28.4 Å². The quantitative estimate of drug-likeness (QED) is 0.115. The molecule has 4 aromatic carbocycles. The van der Waals surface area contributed by atoms with Crippen molar-refractivity contribution in [1.82, 2.24) is 4.90 Å². The van der Waals surface area contributed by atoms with Crippen LogP contribution in [0.5, 0.6) is 0 Å². The molecule has 0 unspecified atom stereocenters. The first-order valence-electron chi connectivity index (χ1n) is 12.6. The van der Waals surface area contributed by atoms with Crippen molar-refractivity contribution in [3.63, 3.8) is 0 Å². The van der Waals surface area contributed by atoms with E-state index < -0.39 is 17.7 Å². The molecule has 0 saturated heterocycles. The first kappa shape index (κ1) is 27.5. The van der Waals surface area contributed by atoms with Gasteiger partial charge in [0.05, 0.1) is 31.4 Å². The van der Waals surface area contributed by atoms with Gasteiger partial charge < -0.3 is 9.84 Å². The number of hydrogen-bond acceptors (Lipinski definition) is 4. The second-order valence-corrected chi connectivity index (χ2v) is 9.95. The third-order valence-electron chi connectivity index (χ3n) is 6.69. The second kappa shape index (κ2) is 13.3. The molecular weight excluding hydrogens is 536 g/mol. The molecule has 2 atom stereocenters. The van der Waals surface area contributed by atoms with Gasteiger partial charge in [-0.25, -0.2) is 0 Å². The van der Waals surface area contributed by atoms with E-state index in [1.165, 1.54) is 0 Å². The van der Waals surface area contributed by atoms with E-state index in [1.54, 1.807) is 6.08 Å². The highest BCUT2D eigenvalue weighted by atomic mass is 79.9. The van der Waals surface area contributed by atoms with E-state index in [1.807, 2.05) is 83.8 Å². The molecular formula is C33H31BrN2O2. The van der Waals surface area contributed by atoms with Crippen LogP contribution in [0.2, 0.25) is 0 Å². The number of nitrogens with zero attached hydrogens (tertiary/aromatic N) is 2. The van der Waals surface area contributed by atoms with Gasteiger partial charge in [-0.15, -0.1) is 6.58 Å². The summed E-state index contributed by atoms with van der Waals surface area (Å²) in [6, 6.07) is 39.7. The van der Waals surface area contributed by atoms with E-state index in [9.17, 15) is 10.4 Å². The molecule has 0 aliphatic heterocycles. The van der Waals surface area contributed by atoms with Gasteiger partial charge in [0.2, 0.25) is 0 Å². The van der Waals surface area contributed by atoms with Crippen molar-refractivity contribution >= 4 is 15.9 Å². The van der Waals surface area contributed by atoms with Gasteiger partial charge in [-0.1, -0.05) is 125 Å². The zero-order chi connectivity index (χ0) is 26.8. The van der Waals surface area contributed by atoms with E-state index in [2.05, 4.69) is 65.0 Å². The highest BCUT2D eigenvalue weighted by Gasteiger charge is 2.39. The van der Waals surface area contributed by atoms with Crippen LogP contribution in [-0.2, 0) is 10.3 Å². The molecule has 4 rings (SSSR count). The normalized spacial score (nSPS) is 13.0. The number of rotatable bonds is 12. The number of ether oxygens (including phenoxy) is 1. The number of aliphatic hydroxyl groups excluding tert-OH is 1. The zero-order valence-electron chi connectivity index (χ0n) is 21.2. The predicted octanol–water partition coefficient (Wildman–Crippen LogP) is 6.87. The van der Waals surface area contributed by atoms with Crippen LogP contribution in [0.4, 0.5) is 0 Å². The molecule has 0 aromatic heterocycles. The molecule has 0 radical (unpaired) electrons. The molecule has 38 heavy (non-hydrogen) atoms. The lowest BCUT2D eigenvalue weighted by Crippen LogP contribution is -2.46. The van der Waals surface area contributed by atoms with Crippen LogP contribution >= 0.6 is 15.9 Å². The van der Waals surface area contributed by atoms with Gasteiger partial charge in [0.1, 0.15) is 5.60 Å². The summed E-state index contributed by atoms with van der Waals surface area (Å²) in [6.07, 6.45) is 0.855. The SMILES string of the molecule is C=CCN(CC#N)[C@@H](COC(c1ccccc1)(c1ccccc1)c1ccccc1)[C@@H](O)c1ccc(Br)cc1. The number of hydrogen-bond donors (Lipinski definition) is 1. The molecule has 0 aliphatic rings. The Morgan fingerprint density at radius 1 is 0.842 bits per heavy atom. The van der Waals surface area contributed by atoms with Crippen molar-refractivity contribution in [2.75, 3.05) is 19.7 Å². The van der Waals surface area contributed by atoms with Crippen molar-refractivity contribution in [1.29, 1.82) is 5.26 Å². The highest BCUT2D eigenvalue weighted by molar-refractivity contribution is 9.10. The minimum Gasteiger partial charge on any atom is -0.387 e. The van der Waals surface area contributed by atoms with Gasteiger partial charge in [0.15, 0.2) is 0 Å². The number of benzene rings is 4. The van der Waals surface area contributed by atoms with Crippen LogP contribution in [0.3, 0.4) is 0 Å². The molecule has 0 fully saturated rings. The predicted molar refractivity (Wildman–Crippen MR) is 155 cm³/mol. The van der Waals surface area contributed by atoms with Gasteiger partial charge in [-0.3, -0.25) is 4.90 Å². The first-order valence-corrected chi connectivity index (χ1v) is 13.4. The fourth-order valence-corrected chi connectivity index (χ4v) is 5.10. The van der Waals surface area contributed by atoms with Crippen LogP contribution in [0.25, 0.3) is 0 Å². The molecule has 0 aliphatic carbocycles. The molecule has 4 aromatic rings. The first-order chi connectivity index (χ1) is 18.6. The fourth-order valence-electron chi connectivity index (χ4n) is 4.83. The zero-order valence-corrected chi connectivity index (χ0v) is 22.7. The van der Waals surface area contributed by atoms with Gasteiger partial charge in [-0.05, 0) is 34.4 Å². The Morgan fingerprint density at radius 3 is 1.74 bits per heavy atom. The number of aliphatic hydroxyl groups is 1. The molecule has 0 spiro atoms. The maximum absolute atomic E-state index is 11.6. The smallest absolute Gasteiger partial charge is 0.143 e. The van der Waals surface area contributed by atoms with E-state index in [0.29, 0.717) is 6.54 Å². The highest BCUT2D eigenvalue weighted by Crippen LogP contribution is 2.41. The standard InChI is InChI=1S/C33H31BrN2O2/c1-2-23-36(24-22-35)31(32(37)26-18-20-30(34)21-19-26)25-38-33(27-12-6-3-7-13-27,28-14-8-4-9-15-28)29-16-10-5-11-17-29/h2-21,31-32,37H,1,23-25H2/t31-,32-/m0/s1. The summed E-state index contributed by atoms with van der Waals surface area (Å²) in [5, 5.41) is 21.2. The van der Waals surface area contributed by atoms with Crippen LogP contribution in [-0.4, -0.2) is 35.7 Å². The molecule has 0 bridgehead atoms. The van der Waals surface area contributed by atoms with Crippen molar-refractivity contribution < 1.29 is 9.84 Å². The van der Waals surface area contributed by atoms with E-state index in [0.717, 1.165) is 26.7 Å². The number of halogens is 1. The Morgan fingerprint density at radius 2 is 1.32 bits per heavy atom. The van der Waals surface area contributed by atoms with E-state index >= 15 is 0 Å². The van der Waals surface area contributed by atoms with Crippen molar-refractivity contribution in [3.8, 4) is 6.07 Å². The second-order valence-electron chi connectivity index (χ2n) is 9.03. The monoisotopic (exact) mass is 566 g/mol. The molecule has 4 nitrogen and oxygen atoms in total. The third-order valence-corrected chi connectivity index (χ3v) is 7.22. The Labute approximate surface area is 233 Å². The summed E-state index contributed by atoms with van der Waals surface area (Å²) in [5.74, 6) is 0. The summed E-state index contributed by atoms with van der Waals surface area (Å²) in [7, 11) is 0. The summed E-state index contributed by atoms with van der Waals surface area (Å²) < 4.78 is 7.96. The Hall–Kier alpha value is -3.53. The molecule has 192 valence electrons. The Balaban J connectivity index is 1.83. The lowest BCUT2D eigenvalue weighted by molar-refractivity contribution is -0.0538. The fraction of sp³-hybridized carbons (Fsp3) is 0.182. The molecule has 0 amide bonds. The number of nitriles is 1. The van der Waals surface area contributed by atoms with Crippen LogP contribution in [0, 0.1) is 11.3 Å². The van der Waals surface area contributed by atoms with Crippen LogP contribution in [0.15, 0.2) is 132 Å². The molecule has 0 heterocycles. The van der Waals surface area contributed by atoms with Crippen molar-refractivity contribution in [2.24, 2.45) is 0 Å². The van der Waals surface area contributed by atoms with Gasteiger partial charge in [0.25, 0.3) is 0 Å². The summed E-state index contributed by atoms with van der Waals surface area (Å²) >= 11 is 3.47. The van der Waals surface area contributed by atoms with Gasteiger partial charge in [-0.2, -0.15) is 5.26 Å². The van der Waals surface area contributed by atoms with E-state index in [4.69, 9.17) is 4.74 Å². The van der Waals surface area contributed by atoms with E-state index in [-0.39, 0.29) is 13.2 Å². The topological polar surface area (TPSA) is 56.5 Å². The average Bonchev–Trinajstić information content (AvgIpc) is 2.97. The lowest BCUT2D eigenvalue weighted by atomic mass is 9.80.